The lowest BCUT2D eigenvalue weighted by Crippen LogP contribution is -2.55. The van der Waals surface area contributed by atoms with Crippen molar-refractivity contribution in [2.45, 2.75) is 19.4 Å². The van der Waals surface area contributed by atoms with Crippen LogP contribution in [-0.4, -0.2) is 56.4 Å². The van der Waals surface area contributed by atoms with Crippen LogP contribution in [0.4, 0.5) is 5.69 Å². The molecule has 0 aromatic heterocycles. The summed E-state index contributed by atoms with van der Waals surface area (Å²) in [6, 6.07) is 9.24. The lowest BCUT2D eigenvalue weighted by molar-refractivity contribution is 0.113. The van der Waals surface area contributed by atoms with Crippen LogP contribution in [0.3, 0.4) is 0 Å². The second kappa shape index (κ2) is 7.11. The molecule has 0 radical (unpaired) electrons. The highest BCUT2D eigenvalue weighted by atomic mass is 15.3. The molecule has 2 aliphatic rings. The average Bonchev–Trinajstić information content (AvgIpc) is 2.57. The van der Waals surface area contributed by atoms with E-state index in [0.717, 1.165) is 37.2 Å². The van der Waals surface area contributed by atoms with E-state index >= 15 is 0 Å². The van der Waals surface area contributed by atoms with Crippen LogP contribution in [0.2, 0.25) is 0 Å². The highest BCUT2D eigenvalue weighted by molar-refractivity contribution is 5.80. The summed E-state index contributed by atoms with van der Waals surface area (Å²) in [4.78, 5) is 5.17. The summed E-state index contributed by atoms with van der Waals surface area (Å²) in [6.07, 6.45) is 2.97. The highest BCUT2D eigenvalue weighted by Gasteiger charge is 2.29. The van der Waals surface area contributed by atoms with Crippen LogP contribution in [0.5, 0.6) is 0 Å². The number of hydrogen-bond acceptors (Lipinski definition) is 5. The predicted octanol–water partition coefficient (Wildman–Crippen LogP) is 1.10. The van der Waals surface area contributed by atoms with Gasteiger partial charge in [0.1, 0.15) is 0 Å². The lowest BCUT2D eigenvalue weighted by atomic mass is 9.93. The molecule has 120 valence electrons. The molecule has 0 spiro atoms. The number of nitrogens with one attached hydrogen (secondary N) is 1. The molecule has 2 aliphatic heterocycles. The average molecular weight is 301 g/mol. The summed E-state index contributed by atoms with van der Waals surface area (Å²) >= 11 is 0. The van der Waals surface area contributed by atoms with Gasteiger partial charge in [-0.15, -0.1) is 0 Å². The van der Waals surface area contributed by atoms with Crippen molar-refractivity contribution in [3.05, 3.63) is 29.8 Å². The number of nitrogens with two attached hydrogens (primary N) is 1. The summed E-state index contributed by atoms with van der Waals surface area (Å²) in [5.41, 5.74) is 2.35. The maximum atomic E-state index is 5.19. The fourth-order valence-corrected chi connectivity index (χ4v) is 3.71. The van der Waals surface area contributed by atoms with Crippen LogP contribution < -0.4 is 16.1 Å². The lowest BCUT2D eigenvalue weighted by Gasteiger charge is -2.44. The first-order valence-electron chi connectivity index (χ1n) is 8.31. The monoisotopic (exact) mass is 301 g/mol. The number of hydrazone groups is 1. The van der Waals surface area contributed by atoms with Gasteiger partial charge in [-0.2, -0.15) is 5.10 Å². The number of benzene rings is 1. The van der Waals surface area contributed by atoms with Gasteiger partial charge in [-0.25, -0.2) is 0 Å². The maximum absolute atomic E-state index is 5.19. The second-order valence-electron chi connectivity index (χ2n) is 6.43. The second-order valence-corrected chi connectivity index (χ2v) is 6.43. The van der Waals surface area contributed by atoms with Crippen molar-refractivity contribution < 1.29 is 0 Å². The largest absolute Gasteiger partial charge is 0.369 e. The third-order valence-electron chi connectivity index (χ3n) is 5.01. The molecule has 0 bridgehead atoms. The fourth-order valence-electron chi connectivity index (χ4n) is 3.71. The minimum atomic E-state index is 0.756. The van der Waals surface area contributed by atoms with Crippen LogP contribution >= 0.6 is 0 Å². The van der Waals surface area contributed by atoms with Crippen molar-refractivity contribution in [1.29, 1.82) is 0 Å². The predicted molar refractivity (Wildman–Crippen MR) is 92.4 cm³/mol. The Morgan fingerprint density at radius 1 is 1.18 bits per heavy atom. The van der Waals surface area contributed by atoms with E-state index in [1.54, 1.807) is 6.21 Å². The van der Waals surface area contributed by atoms with Gasteiger partial charge in [0.2, 0.25) is 0 Å². The number of piperidine rings is 1. The zero-order valence-corrected chi connectivity index (χ0v) is 13.4. The number of rotatable bonds is 3. The molecule has 3 N–H and O–H groups in total. The van der Waals surface area contributed by atoms with Crippen molar-refractivity contribution in [2.24, 2.45) is 16.9 Å². The van der Waals surface area contributed by atoms with Gasteiger partial charge in [0.25, 0.3) is 0 Å². The van der Waals surface area contributed by atoms with E-state index in [1.807, 2.05) is 0 Å². The number of piperazine rings is 1. The molecule has 2 heterocycles. The standard InChI is InChI=1S/C17H27N5/c1-14-12-19-7-6-17(14)22-10-8-21(9-11-22)16-4-2-15(3-5-16)13-20-18/h2-5,13-14,17,19H,6-12,18H2,1H3. The molecule has 3 rings (SSSR count). The van der Waals surface area contributed by atoms with Gasteiger partial charge in [0, 0.05) is 37.9 Å². The molecule has 5 nitrogen and oxygen atoms in total. The van der Waals surface area contributed by atoms with Crippen molar-refractivity contribution in [1.82, 2.24) is 10.2 Å². The molecule has 2 saturated heterocycles. The normalized spacial score (nSPS) is 27.4. The van der Waals surface area contributed by atoms with E-state index in [9.17, 15) is 0 Å². The summed E-state index contributed by atoms with van der Waals surface area (Å²) in [6.45, 7) is 9.26. The van der Waals surface area contributed by atoms with Crippen LogP contribution in [0.15, 0.2) is 29.4 Å². The van der Waals surface area contributed by atoms with Crippen LogP contribution in [0.25, 0.3) is 0 Å². The first-order chi connectivity index (χ1) is 10.8. The van der Waals surface area contributed by atoms with Gasteiger partial charge >= 0.3 is 0 Å². The van der Waals surface area contributed by atoms with Crippen molar-refractivity contribution in [3.8, 4) is 0 Å². The van der Waals surface area contributed by atoms with E-state index in [4.69, 9.17) is 5.84 Å². The van der Waals surface area contributed by atoms with Crippen LogP contribution in [0, 0.1) is 5.92 Å². The molecule has 1 aromatic carbocycles. The fraction of sp³-hybridized carbons (Fsp3) is 0.588. The Balaban J connectivity index is 1.57. The molecule has 5 heteroatoms. The van der Waals surface area contributed by atoms with Gasteiger partial charge in [-0.3, -0.25) is 4.90 Å². The van der Waals surface area contributed by atoms with Crippen molar-refractivity contribution in [2.75, 3.05) is 44.2 Å². The Morgan fingerprint density at radius 2 is 1.91 bits per heavy atom. The van der Waals surface area contributed by atoms with Gasteiger partial charge in [0.15, 0.2) is 0 Å². The zero-order chi connectivity index (χ0) is 15.4. The maximum Gasteiger partial charge on any atom is 0.0538 e. The van der Waals surface area contributed by atoms with Crippen molar-refractivity contribution >= 4 is 11.9 Å². The minimum Gasteiger partial charge on any atom is -0.369 e. The summed E-state index contributed by atoms with van der Waals surface area (Å²) in [5.74, 6) is 5.95. The van der Waals surface area contributed by atoms with Crippen molar-refractivity contribution in [3.63, 3.8) is 0 Å². The van der Waals surface area contributed by atoms with Crippen LogP contribution in [0.1, 0.15) is 18.9 Å². The molecule has 2 unspecified atom stereocenters. The molecule has 22 heavy (non-hydrogen) atoms. The van der Waals surface area contributed by atoms with Crippen LogP contribution in [-0.2, 0) is 0 Å². The summed E-state index contributed by atoms with van der Waals surface area (Å²) < 4.78 is 0. The SMILES string of the molecule is CC1CNCCC1N1CCN(c2ccc(C=NN)cc2)CC1. The van der Waals surface area contributed by atoms with Gasteiger partial charge < -0.3 is 16.1 Å². The Hall–Kier alpha value is -1.59. The Bertz CT molecular complexity index is 490. The first-order valence-corrected chi connectivity index (χ1v) is 8.31. The quantitative estimate of drug-likeness (QED) is 0.499. The number of anilines is 1. The van der Waals surface area contributed by atoms with E-state index < -0.39 is 0 Å². The smallest absolute Gasteiger partial charge is 0.0538 e. The molecule has 1 aromatic rings. The molecule has 0 aliphatic carbocycles. The van der Waals surface area contributed by atoms with Gasteiger partial charge in [-0.05, 0) is 43.1 Å². The summed E-state index contributed by atoms with van der Waals surface area (Å²) in [5, 5.41) is 7.06. The molecule has 0 amide bonds. The Labute approximate surface area is 133 Å². The third kappa shape index (κ3) is 3.42. The summed E-state index contributed by atoms with van der Waals surface area (Å²) in [7, 11) is 0. The van der Waals surface area contributed by atoms with E-state index in [0.29, 0.717) is 0 Å². The minimum absolute atomic E-state index is 0.756. The van der Waals surface area contributed by atoms with E-state index in [1.165, 1.54) is 31.7 Å². The Kier molecular flexibility index (Phi) is 4.95. The van der Waals surface area contributed by atoms with E-state index in [-0.39, 0.29) is 0 Å². The molecule has 0 saturated carbocycles. The molecular weight excluding hydrogens is 274 g/mol. The van der Waals surface area contributed by atoms with Gasteiger partial charge in [-0.1, -0.05) is 19.1 Å². The Morgan fingerprint density at radius 3 is 2.55 bits per heavy atom. The van der Waals surface area contributed by atoms with Gasteiger partial charge in [0.05, 0.1) is 6.21 Å². The highest BCUT2D eigenvalue weighted by Crippen LogP contribution is 2.22. The number of nitrogens with zero attached hydrogens (tertiary/aromatic N) is 3. The zero-order valence-electron chi connectivity index (χ0n) is 13.4. The molecular formula is C17H27N5. The number of hydrogen-bond donors (Lipinski definition) is 2. The third-order valence-corrected chi connectivity index (χ3v) is 5.01. The molecule has 2 atom stereocenters. The first kappa shape index (κ1) is 15.3. The molecule has 2 fully saturated rings. The topological polar surface area (TPSA) is 56.9 Å². The van der Waals surface area contributed by atoms with E-state index in [2.05, 4.69) is 51.4 Å².